The molecule has 0 N–H and O–H groups in total. The summed E-state index contributed by atoms with van der Waals surface area (Å²) in [7, 11) is 0. The monoisotopic (exact) mass is 406 g/mol. The number of carbonyl (C=O) groups excluding carboxylic acids is 2. The normalized spacial score (nSPS) is 10.2. The summed E-state index contributed by atoms with van der Waals surface area (Å²) in [4.78, 5) is 24.3. The van der Waals surface area contributed by atoms with Gasteiger partial charge in [0.1, 0.15) is 30.5 Å². The van der Waals surface area contributed by atoms with Gasteiger partial charge in [0.25, 0.3) is 0 Å². The maximum Gasteiger partial charge on any atom is 0.343 e. The molecule has 0 radical (unpaired) electrons. The zero-order chi connectivity index (χ0) is 21.2. The van der Waals surface area contributed by atoms with Crippen molar-refractivity contribution in [3.05, 3.63) is 90.0 Å². The van der Waals surface area contributed by atoms with Gasteiger partial charge in [-0.2, -0.15) is 0 Å². The smallest absolute Gasteiger partial charge is 0.343 e. The van der Waals surface area contributed by atoms with Gasteiger partial charge in [0, 0.05) is 0 Å². The minimum atomic E-state index is -0.554. The van der Waals surface area contributed by atoms with Crippen molar-refractivity contribution in [2.24, 2.45) is 0 Å². The average molecular weight is 406 g/mol. The summed E-state index contributed by atoms with van der Waals surface area (Å²) >= 11 is 0. The topological polar surface area (TPSA) is 71.1 Å². The molecule has 3 aromatic carbocycles. The van der Waals surface area contributed by atoms with Gasteiger partial charge in [0.2, 0.25) is 0 Å². The predicted octanol–water partition coefficient (Wildman–Crippen LogP) is 4.54. The molecule has 0 saturated carbocycles. The molecule has 0 heterocycles. The van der Waals surface area contributed by atoms with E-state index in [2.05, 4.69) is 0 Å². The highest BCUT2D eigenvalue weighted by Crippen LogP contribution is 2.19. The highest BCUT2D eigenvalue weighted by molar-refractivity contribution is 5.93. The van der Waals surface area contributed by atoms with Crippen LogP contribution in [0, 0.1) is 0 Å². The number of carbonyl (C=O) groups is 2. The van der Waals surface area contributed by atoms with Gasteiger partial charge in [-0.05, 0) is 55.5 Å². The molecule has 0 unspecified atom stereocenters. The van der Waals surface area contributed by atoms with Crippen LogP contribution in [0.15, 0.2) is 78.9 Å². The Morgan fingerprint density at radius 3 is 1.93 bits per heavy atom. The van der Waals surface area contributed by atoms with E-state index in [1.807, 2.05) is 30.3 Å². The van der Waals surface area contributed by atoms with E-state index in [4.69, 9.17) is 18.9 Å². The summed E-state index contributed by atoms with van der Waals surface area (Å²) in [6.07, 6.45) is 0. The van der Waals surface area contributed by atoms with E-state index in [0.29, 0.717) is 30.1 Å². The SMILES string of the molecule is CCOC(=O)c1cccc(OC(=O)c2cccc(OCCOc3ccccc3)c2)c1. The average Bonchev–Trinajstić information content (AvgIpc) is 2.78. The molecule has 6 nitrogen and oxygen atoms in total. The molecule has 0 amide bonds. The largest absolute Gasteiger partial charge is 0.490 e. The Kier molecular flexibility index (Phi) is 7.44. The van der Waals surface area contributed by atoms with E-state index in [0.717, 1.165) is 5.75 Å². The molecule has 0 bridgehead atoms. The van der Waals surface area contributed by atoms with Crippen molar-refractivity contribution >= 4 is 11.9 Å². The first-order valence-corrected chi connectivity index (χ1v) is 9.56. The van der Waals surface area contributed by atoms with E-state index in [1.54, 1.807) is 49.4 Å². The van der Waals surface area contributed by atoms with Crippen molar-refractivity contribution in [3.8, 4) is 17.2 Å². The Labute approximate surface area is 175 Å². The highest BCUT2D eigenvalue weighted by atomic mass is 16.5. The Bertz CT molecular complexity index is 984. The van der Waals surface area contributed by atoms with Crippen molar-refractivity contribution in [2.75, 3.05) is 19.8 Å². The molecule has 0 fully saturated rings. The zero-order valence-corrected chi connectivity index (χ0v) is 16.6. The minimum Gasteiger partial charge on any atom is -0.490 e. The van der Waals surface area contributed by atoms with Crippen LogP contribution in [-0.4, -0.2) is 31.8 Å². The molecule has 0 aliphatic heterocycles. The van der Waals surface area contributed by atoms with Gasteiger partial charge in [-0.15, -0.1) is 0 Å². The lowest BCUT2D eigenvalue weighted by molar-refractivity contribution is 0.0524. The van der Waals surface area contributed by atoms with E-state index in [1.165, 1.54) is 6.07 Å². The second-order valence-electron chi connectivity index (χ2n) is 6.18. The summed E-state index contributed by atoms with van der Waals surface area (Å²) in [6, 6.07) is 22.4. The van der Waals surface area contributed by atoms with Gasteiger partial charge in [0.05, 0.1) is 17.7 Å². The zero-order valence-electron chi connectivity index (χ0n) is 16.6. The summed E-state index contributed by atoms with van der Waals surface area (Å²) in [6.45, 7) is 2.70. The van der Waals surface area contributed by atoms with E-state index < -0.39 is 11.9 Å². The predicted molar refractivity (Wildman–Crippen MR) is 111 cm³/mol. The Hall–Kier alpha value is -3.80. The molecule has 0 saturated heterocycles. The van der Waals surface area contributed by atoms with Crippen LogP contribution in [-0.2, 0) is 4.74 Å². The van der Waals surface area contributed by atoms with Crippen LogP contribution in [0.4, 0.5) is 0 Å². The van der Waals surface area contributed by atoms with Crippen LogP contribution >= 0.6 is 0 Å². The van der Waals surface area contributed by atoms with Gasteiger partial charge in [-0.25, -0.2) is 9.59 Å². The second kappa shape index (κ2) is 10.7. The van der Waals surface area contributed by atoms with Gasteiger partial charge < -0.3 is 18.9 Å². The molecule has 3 aromatic rings. The first kappa shape index (κ1) is 20.9. The van der Waals surface area contributed by atoms with Crippen LogP contribution in [0.5, 0.6) is 17.2 Å². The number of hydrogen-bond donors (Lipinski definition) is 0. The first-order valence-electron chi connectivity index (χ1n) is 9.56. The fourth-order valence-corrected chi connectivity index (χ4v) is 2.62. The Morgan fingerprint density at radius 2 is 1.23 bits per heavy atom. The fourth-order valence-electron chi connectivity index (χ4n) is 2.62. The van der Waals surface area contributed by atoms with Gasteiger partial charge in [-0.3, -0.25) is 0 Å². The molecule has 0 aliphatic carbocycles. The summed E-state index contributed by atoms with van der Waals surface area (Å²) in [5.74, 6) is 0.531. The third-order valence-electron chi connectivity index (χ3n) is 3.99. The molecule has 154 valence electrons. The maximum absolute atomic E-state index is 12.5. The van der Waals surface area contributed by atoms with Crippen LogP contribution < -0.4 is 14.2 Å². The van der Waals surface area contributed by atoms with Crippen molar-refractivity contribution in [2.45, 2.75) is 6.92 Å². The van der Waals surface area contributed by atoms with Gasteiger partial charge >= 0.3 is 11.9 Å². The molecule has 3 rings (SSSR count). The third kappa shape index (κ3) is 6.10. The molecular weight excluding hydrogens is 384 g/mol. The molecule has 0 aliphatic rings. The van der Waals surface area contributed by atoms with Gasteiger partial charge in [0.15, 0.2) is 0 Å². The fraction of sp³-hybridized carbons (Fsp3) is 0.167. The molecule has 0 atom stereocenters. The van der Waals surface area contributed by atoms with E-state index in [9.17, 15) is 9.59 Å². The number of benzene rings is 3. The molecule has 6 heteroatoms. The number of rotatable bonds is 9. The van der Waals surface area contributed by atoms with Crippen LogP contribution in [0.1, 0.15) is 27.6 Å². The van der Waals surface area contributed by atoms with Crippen LogP contribution in [0.25, 0.3) is 0 Å². The van der Waals surface area contributed by atoms with Crippen LogP contribution in [0.3, 0.4) is 0 Å². The Morgan fingerprint density at radius 1 is 0.667 bits per heavy atom. The maximum atomic E-state index is 12.5. The summed E-state index contributed by atoms with van der Waals surface area (Å²) < 4.78 is 21.6. The number of ether oxygens (including phenoxy) is 4. The highest BCUT2D eigenvalue weighted by Gasteiger charge is 2.12. The van der Waals surface area contributed by atoms with Crippen LogP contribution in [0.2, 0.25) is 0 Å². The van der Waals surface area contributed by atoms with Crippen molar-refractivity contribution in [3.63, 3.8) is 0 Å². The molecule has 0 aromatic heterocycles. The van der Waals surface area contributed by atoms with Crippen molar-refractivity contribution in [1.29, 1.82) is 0 Å². The van der Waals surface area contributed by atoms with Crippen molar-refractivity contribution < 1.29 is 28.5 Å². The summed E-state index contributed by atoms with van der Waals surface area (Å²) in [5.41, 5.74) is 0.649. The lowest BCUT2D eigenvalue weighted by atomic mass is 10.2. The number of esters is 2. The third-order valence-corrected chi connectivity index (χ3v) is 3.99. The lowest BCUT2D eigenvalue weighted by Gasteiger charge is -2.10. The summed E-state index contributed by atoms with van der Waals surface area (Å²) in [5, 5.41) is 0. The van der Waals surface area contributed by atoms with Gasteiger partial charge in [-0.1, -0.05) is 30.3 Å². The number of hydrogen-bond acceptors (Lipinski definition) is 6. The second-order valence-corrected chi connectivity index (χ2v) is 6.18. The van der Waals surface area contributed by atoms with Crippen molar-refractivity contribution in [1.82, 2.24) is 0 Å². The van der Waals surface area contributed by atoms with E-state index in [-0.39, 0.29) is 12.4 Å². The first-order chi connectivity index (χ1) is 14.7. The quantitative estimate of drug-likeness (QED) is 0.295. The Balaban J connectivity index is 1.55. The lowest BCUT2D eigenvalue weighted by Crippen LogP contribution is -2.11. The molecular formula is C24H22O6. The molecule has 30 heavy (non-hydrogen) atoms. The number of para-hydroxylation sites is 1. The van der Waals surface area contributed by atoms with E-state index >= 15 is 0 Å². The standard InChI is InChI=1S/C24H22O6/c1-2-27-23(25)18-8-7-13-22(17-18)30-24(26)19-9-6-12-21(16-19)29-15-14-28-20-10-4-3-5-11-20/h3-13,16-17H,2,14-15H2,1H3. The molecule has 0 spiro atoms. The minimum absolute atomic E-state index is 0.258.